The Morgan fingerprint density at radius 1 is 1.60 bits per heavy atom. The van der Waals surface area contributed by atoms with E-state index < -0.39 is 0 Å². The molecule has 15 heavy (non-hydrogen) atoms. The maximum atomic E-state index is 11.7. The first-order valence-electron chi connectivity index (χ1n) is 4.74. The third-order valence-electron chi connectivity index (χ3n) is 2.11. The maximum absolute atomic E-state index is 11.7. The molecule has 0 atom stereocenters. The Morgan fingerprint density at radius 3 is 3.13 bits per heavy atom. The quantitative estimate of drug-likeness (QED) is 0.679. The molecule has 0 fully saturated rings. The zero-order valence-electron chi connectivity index (χ0n) is 8.37. The number of aromatic amines is 1. The van der Waals surface area contributed by atoms with E-state index in [1.807, 2.05) is 13.0 Å². The van der Waals surface area contributed by atoms with Gasteiger partial charge in [-0.1, -0.05) is 6.07 Å². The first-order valence-corrected chi connectivity index (χ1v) is 4.74. The van der Waals surface area contributed by atoms with E-state index in [4.69, 9.17) is 5.73 Å². The third-order valence-corrected chi connectivity index (χ3v) is 2.11. The van der Waals surface area contributed by atoms with Crippen LogP contribution >= 0.6 is 0 Å². The van der Waals surface area contributed by atoms with Gasteiger partial charge in [-0.15, -0.1) is 0 Å². The molecule has 0 spiro atoms. The lowest BCUT2D eigenvalue weighted by atomic mass is 10.1. The Labute approximate surface area is 86.7 Å². The van der Waals surface area contributed by atoms with Gasteiger partial charge in [0.25, 0.3) is 5.91 Å². The number of rotatable bonds is 2. The molecular formula is C10H12N4O. The van der Waals surface area contributed by atoms with Crippen LogP contribution in [0.5, 0.6) is 0 Å². The van der Waals surface area contributed by atoms with Crippen LogP contribution in [-0.4, -0.2) is 22.4 Å². The number of hydrogen-bond donors (Lipinski definition) is 3. The smallest absolute Gasteiger partial charge is 0.253 e. The number of fused-ring (bicyclic) bond motifs is 1. The fourth-order valence-electron chi connectivity index (χ4n) is 1.49. The van der Waals surface area contributed by atoms with E-state index in [9.17, 15) is 4.79 Å². The normalized spacial score (nSPS) is 10.5. The fraction of sp³-hybridized carbons (Fsp3) is 0.200. The van der Waals surface area contributed by atoms with Gasteiger partial charge in [0, 0.05) is 6.54 Å². The predicted octanol–water partition coefficient (Wildman–Crippen LogP) is 0.895. The van der Waals surface area contributed by atoms with Gasteiger partial charge in [-0.25, -0.2) is 4.98 Å². The van der Waals surface area contributed by atoms with Crippen LogP contribution < -0.4 is 11.1 Å². The van der Waals surface area contributed by atoms with E-state index >= 15 is 0 Å². The van der Waals surface area contributed by atoms with E-state index in [1.165, 1.54) is 0 Å². The average Bonchev–Trinajstić information content (AvgIpc) is 2.57. The average molecular weight is 204 g/mol. The molecule has 78 valence electrons. The lowest BCUT2D eigenvalue weighted by Crippen LogP contribution is -2.22. The molecule has 2 rings (SSSR count). The van der Waals surface area contributed by atoms with Crippen LogP contribution in [0.3, 0.4) is 0 Å². The molecule has 5 heteroatoms. The lowest BCUT2D eigenvalue weighted by Gasteiger charge is -2.01. The van der Waals surface area contributed by atoms with Crippen molar-refractivity contribution < 1.29 is 4.79 Å². The number of anilines is 1. The molecule has 0 aliphatic carbocycles. The van der Waals surface area contributed by atoms with Crippen molar-refractivity contribution in [2.75, 3.05) is 12.3 Å². The Kier molecular flexibility index (Phi) is 2.29. The number of nitrogens with one attached hydrogen (secondary N) is 2. The molecule has 0 aliphatic rings. The van der Waals surface area contributed by atoms with Crippen molar-refractivity contribution in [1.82, 2.24) is 15.3 Å². The molecule has 1 aromatic heterocycles. The van der Waals surface area contributed by atoms with E-state index in [1.54, 1.807) is 12.1 Å². The van der Waals surface area contributed by atoms with Crippen molar-refractivity contribution in [1.29, 1.82) is 0 Å². The van der Waals surface area contributed by atoms with E-state index in [0.29, 0.717) is 23.6 Å². The van der Waals surface area contributed by atoms with Gasteiger partial charge in [-0.05, 0) is 19.1 Å². The van der Waals surface area contributed by atoms with E-state index in [0.717, 1.165) is 5.52 Å². The molecule has 0 aliphatic heterocycles. The molecule has 5 nitrogen and oxygen atoms in total. The van der Waals surface area contributed by atoms with Gasteiger partial charge in [0.05, 0.1) is 11.1 Å². The molecule has 0 saturated heterocycles. The highest BCUT2D eigenvalue weighted by molar-refractivity contribution is 6.05. The van der Waals surface area contributed by atoms with Crippen molar-refractivity contribution in [3.8, 4) is 0 Å². The minimum Gasteiger partial charge on any atom is -0.369 e. The number of nitrogens with zero attached hydrogens (tertiary/aromatic N) is 1. The highest BCUT2D eigenvalue weighted by Gasteiger charge is 2.11. The monoisotopic (exact) mass is 204 g/mol. The summed E-state index contributed by atoms with van der Waals surface area (Å²) in [6, 6.07) is 5.36. The first kappa shape index (κ1) is 9.51. The van der Waals surface area contributed by atoms with E-state index in [2.05, 4.69) is 15.3 Å². The summed E-state index contributed by atoms with van der Waals surface area (Å²) in [5, 5.41) is 2.73. The predicted molar refractivity (Wildman–Crippen MR) is 58.5 cm³/mol. The van der Waals surface area contributed by atoms with Crippen LogP contribution in [-0.2, 0) is 0 Å². The maximum Gasteiger partial charge on any atom is 0.253 e. The standard InChI is InChI=1S/C10H12N4O/c1-2-12-9(15)6-4-3-5-7-8(6)14-10(11)13-7/h3-5H,2H2,1H3,(H,12,15)(H3,11,13,14). The van der Waals surface area contributed by atoms with Gasteiger partial charge in [0.1, 0.15) is 5.52 Å². The van der Waals surface area contributed by atoms with Gasteiger partial charge >= 0.3 is 0 Å². The summed E-state index contributed by atoms with van der Waals surface area (Å²) < 4.78 is 0. The fourth-order valence-corrected chi connectivity index (χ4v) is 1.49. The topological polar surface area (TPSA) is 83.8 Å². The molecule has 0 saturated carbocycles. The van der Waals surface area contributed by atoms with Crippen LogP contribution in [0, 0.1) is 0 Å². The number of H-pyrrole nitrogens is 1. The highest BCUT2D eigenvalue weighted by atomic mass is 16.1. The zero-order chi connectivity index (χ0) is 10.8. The number of benzene rings is 1. The Bertz CT molecular complexity index is 503. The van der Waals surface area contributed by atoms with Gasteiger partial charge in [0.15, 0.2) is 5.95 Å². The van der Waals surface area contributed by atoms with Crippen molar-refractivity contribution in [2.24, 2.45) is 0 Å². The Balaban J connectivity index is 2.55. The van der Waals surface area contributed by atoms with Gasteiger partial charge in [-0.2, -0.15) is 0 Å². The molecule has 0 radical (unpaired) electrons. The molecule has 2 aromatic rings. The summed E-state index contributed by atoms with van der Waals surface area (Å²) in [6.07, 6.45) is 0. The number of hydrogen-bond acceptors (Lipinski definition) is 3. The number of imidazole rings is 1. The zero-order valence-corrected chi connectivity index (χ0v) is 8.37. The van der Waals surface area contributed by atoms with Crippen LogP contribution in [0.4, 0.5) is 5.95 Å². The molecular weight excluding hydrogens is 192 g/mol. The van der Waals surface area contributed by atoms with Crippen LogP contribution in [0.25, 0.3) is 11.0 Å². The molecule has 0 bridgehead atoms. The lowest BCUT2D eigenvalue weighted by molar-refractivity contribution is 0.0957. The van der Waals surface area contributed by atoms with E-state index in [-0.39, 0.29) is 5.91 Å². The molecule has 0 unspecified atom stereocenters. The van der Waals surface area contributed by atoms with Gasteiger partial charge < -0.3 is 16.0 Å². The first-order chi connectivity index (χ1) is 7.22. The minimum absolute atomic E-state index is 0.130. The number of aromatic nitrogens is 2. The van der Waals surface area contributed by atoms with Crippen molar-refractivity contribution >= 4 is 22.9 Å². The molecule has 4 N–H and O–H groups in total. The number of nitrogens with two attached hydrogens (primary N) is 1. The summed E-state index contributed by atoms with van der Waals surface area (Å²) in [6.45, 7) is 2.46. The number of nitrogen functional groups attached to an aromatic ring is 1. The summed E-state index contributed by atoms with van der Waals surface area (Å²) in [7, 11) is 0. The largest absolute Gasteiger partial charge is 0.369 e. The molecule has 1 heterocycles. The van der Waals surface area contributed by atoms with Crippen molar-refractivity contribution in [3.05, 3.63) is 23.8 Å². The molecule has 1 aromatic carbocycles. The Hall–Kier alpha value is -2.04. The van der Waals surface area contributed by atoms with Gasteiger partial charge in [-0.3, -0.25) is 4.79 Å². The number of carbonyl (C=O) groups is 1. The highest BCUT2D eigenvalue weighted by Crippen LogP contribution is 2.16. The van der Waals surface area contributed by atoms with Crippen LogP contribution in [0.1, 0.15) is 17.3 Å². The second kappa shape index (κ2) is 3.61. The summed E-state index contributed by atoms with van der Waals surface area (Å²) in [5.41, 5.74) is 7.47. The minimum atomic E-state index is -0.130. The Morgan fingerprint density at radius 2 is 2.40 bits per heavy atom. The summed E-state index contributed by atoms with van der Waals surface area (Å²) in [5.74, 6) is 0.191. The number of carbonyl (C=O) groups excluding carboxylic acids is 1. The number of amides is 1. The van der Waals surface area contributed by atoms with Crippen molar-refractivity contribution in [3.63, 3.8) is 0 Å². The van der Waals surface area contributed by atoms with Crippen LogP contribution in [0.2, 0.25) is 0 Å². The van der Waals surface area contributed by atoms with Crippen LogP contribution in [0.15, 0.2) is 18.2 Å². The second-order valence-electron chi connectivity index (χ2n) is 3.18. The summed E-state index contributed by atoms with van der Waals surface area (Å²) >= 11 is 0. The SMILES string of the molecule is CCNC(=O)c1cccc2[nH]c(N)nc12. The third kappa shape index (κ3) is 1.63. The van der Waals surface area contributed by atoms with Crippen molar-refractivity contribution in [2.45, 2.75) is 6.92 Å². The second-order valence-corrected chi connectivity index (χ2v) is 3.18. The number of para-hydroxylation sites is 1. The molecule has 1 amide bonds. The summed E-state index contributed by atoms with van der Waals surface area (Å²) in [4.78, 5) is 18.6. The van der Waals surface area contributed by atoms with Gasteiger partial charge in [0.2, 0.25) is 0 Å².